The van der Waals surface area contributed by atoms with E-state index in [1.54, 1.807) is 6.07 Å². The normalized spacial score (nSPS) is 20.9. The first-order chi connectivity index (χ1) is 7.72. The van der Waals surface area contributed by atoms with Crippen molar-refractivity contribution in [3.05, 3.63) is 24.0 Å². The van der Waals surface area contributed by atoms with Gasteiger partial charge in [-0.3, -0.25) is 0 Å². The van der Waals surface area contributed by atoms with Gasteiger partial charge in [-0.1, -0.05) is 6.07 Å². The molecule has 1 aliphatic heterocycles. The summed E-state index contributed by atoms with van der Waals surface area (Å²) in [6.07, 6.45) is 2.05. The smallest absolute Gasteiger partial charge is 0.148 e. The van der Waals surface area contributed by atoms with E-state index in [0.29, 0.717) is 5.69 Å². The van der Waals surface area contributed by atoms with Gasteiger partial charge in [-0.2, -0.15) is 0 Å². The van der Waals surface area contributed by atoms with Gasteiger partial charge in [-0.05, 0) is 25.0 Å². The van der Waals surface area contributed by atoms with Crippen LogP contribution in [0.15, 0.2) is 18.2 Å². The molecule has 16 heavy (non-hydrogen) atoms. The predicted molar refractivity (Wildman–Crippen MR) is 65.4 cm³/mol. The van der Waals surface area contributed by atoms with Crippen molar-refractivity contribution in [1.29, 1.82) is 0 Å². The molecule has 0 spiro atoms. The lowest BCUT2D eigenvalue weighted by molar-refractivity contribution is 0.498. The Morgan fingerprint density at radius 1 is 1.50 bits per heavy atom. The number of anilines is 2. The zero-order chi connectivity index (χ0) is 11.5. The third kappa shape index (κ3) is 2.11. The molecule has 0 saturated carbocycles. The quantitative estimate of drug-likeness (QED) is 0.803. The zero-order valence-corrected chi connectivity index (χ0v) is 9.54. The first-order valence-electron chi connectivity index (χ1n) is 5.69. The van der Waals surface area contributed by atoms with Crippen molar-refractivity contribution in [2.24, 2.45) is 5.73 Å². The Bertz CT molecular complexity index is 367. The number of halogens is 1. The van der Waals surface area contributed by atoms with E-state index in [-0.39, 0.29) is 11.9 Å². The molecule has 0 unspecified atom stereocenters. The third-order valence-electron chi connectivity index (χ3n) is 3.03. The van der Waals surface area contributed by atoms with Crippen LogP contribution in [0.5, 0.6) is 0 Å². The number of hydrogen-bond donors (Lipinski definition) is 2. The minimum absolute atomic E-state index is 0.151. The maximum absolute atomic E-state index is 13.8. The molecule has 0 aromatic heterocycles. The highest BCUT2D eigenvalue weighted by molar-refractivity contribution is 5.70. The Morgan fingerprint density at radius 3 is 3.00 bits per heavy atom. The predicted octanol–water partition coefficient (Wildman–Crippen LogP) is 1.79. The first kappa shape index (κ1) is 11.2. The Balaban J connectivity index is 2.30. The van der Waals surface area contributed by atoms with Gasteiger partial charge in [-0.25, -0.2) is 4.39 Å². The highest BCUT2D eigenvalue weighted by Crippen LogP contribution is 2.30. The molecule has 1 heterocycles. The van der Waals surface area contributed by atoms with Crippen molar-refractivity contribution in [2.75, 3.05) is 30.4 Å². The topological polar surface area (TPSA) is 41.3 Å². The van der Waals surface area contributed by atoms with E-state index in [0.717, 1.165) is 31.6 Å². The van der Waals surface area contributed by atoms with Crippen LogP contribution in [-0.2, 0) is 0 Å². The third-order valence-corrected chi connectivity index (χ3v) is 3.03. The van der Waals surface area contributed by atoms with Gasteiger partial charge in [0.25, 0.3) is 0 Å². The minimum Gasteiger partial charge on any atom is -0.386 e. The molecule has 0 aliphatic carbocycles. The van der Waals surface area contributed by atoms with E-state index in [1.165, 1.54) is 6.07 Å². The summed E-state index contributed by atoms with van der Waals surface area (Å²) in [5, 5.41) is 3.03. The lowest BCUT2D eigenvalue weighted by Gasteiger charge is -2.34. The van der Waals surface area contributed by atoms with Gasteiger partial charge in [0.05, 0.1) is 11.4 Å². The molecule has 1 fully saturated rings. The molecule has 2 rings (SSSR count). The Morgan fingerprint density at radius 2 is 2.31 bits per heavy atom. The van der Waals surface area contributed by atoms with E-state index in [1.807, 2.05) is 18.0 Å². The maximum Gasteiger partial charge on any atom is 0.148 e. The van der Waals surface area contributed by atoms with Crippen molar-refractivity contribution in [3.8, 4) is 0 Å². The van der Waals surface area contributed by atoms with Gasteiger partial charge in [0.15, 0.2) is 0 Å². The number of nitrogens with zero attached hydrogens (tertiary/aromatic N) is 1. The molecule has 0 radical (unpaired) electrons. The van der Waals surface area contributed by atoms with E-state index >= 15 is 0 Å². The second kappa shape index (κ2) is 4.70. The van der Waals surface area contributed by atoms with Crippen molar-refractivity contribution in [1.82, 2.24) is 0 Å². The van der Waals surface area contributed by atoms with Gasteiger partial charge < -0.3 is 16.0 Å². The van der Waals surface area contributed by atoms with Crippen LogP contribution in [0.25, 0.3) is 0 Å². The highest BCUT2D eigenvalue weighted by Gasteiger charge is 2.21. The average Bonchev–Trinajstić information content (AvgIpc) is 2.28. The van der Waals surface area contributed by atoms with Crippen LogP contribution in [0.2, 0.25) is 0 Å². The number of para-hydroxylation sites is 1. The molecule has 1 aliphatic rings. The van der Waals surface area contributed by atoms with Gasteiger partial charge in [0.2, 0.25) is 0 Å². The Kier molecular flexibility index (Phi) is 3.29. The van der Waals surface area contributed by atoms with E-state index in [2.05, 4.69) is 5.32 Å². The summed E-state index contributed by atoms with van der Waals surface area (Å²) in [6.45, 7) is 1.61. The molecule has 1 atom stereocenters. The summed E-state index contributed by atoms with van der Waals surface area (Å²) in [4.78, 5) is 2.04. The van der Waals surface area contributed by atoms with Crippen LogP contribution in [0.1, 0.15) is 12.8 Å². The fraction of sp³-hybridized carbons (Fsp3) is 0.500. The van der Waals surface area contributed by atoms with Crippen molar-refractivity contribution in [3.63, 3.8) is 0 Å². The van der Waals surface area contributed by atoms with Gasteiger partial charge in [0.1, 0.15) is 5.82 Å². The first-order valence-corrected chi connectivity index (χ1v) is 5.69. The summed E-state index contributed by atoms with van der Waals surface area (Å²) in [6, 6.07) is 5.25. The molecule has 4 heteroatoms. The maximum atomic E-state index is 13.8. The molecule has 0 bridgehead atoms. The number of hydrogen-bond acceptors (Lipinski definition) is 3. The molecule has 3 N–H and O–H groups in total. The lowest BCUT2D eigenvalue weighted by Crippen LogP contribution is -2.43. The molecule has 88 valence electrons. The van der Waals surface area contributed by atoms with E-state index in [9.17, 15) is 4.39 Å². The Hall–Kier alpha value is -1.29. The van der Waals surface area contributed by atoms with Gasteiger partial charge in [-0.15, -0.1) is 0 Å². The summed E-state index contributed by atoms with van der Waals surface area (Å²) >= 11 is 0. The summed E-state index contributed by atoms with van der Waals surface area (Å²) in [5.41, 5.74) is 7.40. The highest BCUT2D eigenvalue weighted by atomic mass is 19.1. The van der Waals surface area contributed by atoms with Crippen LogP contribution < -0.4 is 16.0 Å². The van der Waals surface area contributed by atoms with Crippen molar-refractivity contribution in [2.45, 2.75) is 18.9 Å². The summed E-state index contributed by atoms with van der Waals surface area (Å²) < 4.78 is 13.8. The number of benzene rings is 1. The van der Waals surface area contributed by atoms with Crippen LogP contribution in [0.3, 0.4) is 0 Å². The molecular weight excluding hydrogens is 205 g/mol. The minimum atomic E-state index is -0.180. The molecule has 3 nitrogen and oxygen atoms in total. The van der Waals surface area contributed by atoms with Crippen LogP contribution >= 0.6 is 0 Å². The van der Waals surface area contributed by atoms with Crippen LogP contribution in [0.4, 0.5) is 15.8 Å². The second-order valence-corrected chi connectivity index (χ2v) is 4.23. The second-order valence-electron chi connectivity index (χ2n) is 4.23. The number of nitrogens with two attached hydrogens (primary N) is 1. The van der Waals surface area contributed by atoms with Gasteiger partial charge >= 0.3 is 0 Å². The lowest BCUT2D eigenvalue weighted by atomic mass is 10.1. The Labute approximate surface area is 95.4 Å². The zero-order valence-electron chi connectivity index (χ0n) is 9.54. The van der Waals surface area contributed by atoms with Gasteiger partial charge in [0, 0.05) is 26.2 Å². The monoisotopic (exact) mass is 223 g/mol. The van der Waals surface area contributed by atoms with Crippen molar-refractivity contribution >= 4 is 11.4 Å². The SMILES string of the molecule is CNc1cccc(F)c1N1CCC[C@@H](N)C1. The van der Waals surface area contributed by atoms with Crippen LogP contribution in [0, 0.1) is 5.82 Å². The summed E-state index contributed by atoms with van der Waals surface area (Å²) in [7, 11) is 1.81. The molecule has 1 aromatic rings. The molecule has 1 saturated heterocycles. The fourth-order valence-electron chi connectivity index (χ4n) is 2.25. The molecule has 0 amide bonds. The number of nitrogens with one attached hydrogen (secondary N) is 1. The largest absolute Gasteiger partial charge is 0.386 e. The van der Waals surface area contributed by atoms with Crippen LogP contribution in [-0.4, -0.2) is 26.2 Å². The van der Waals surface area contributed by atoms with E-state index < -0.39 is 0 Å². The fourth-order valence-corrected chi connectivity index (χ4v) is 2.25. The standard InChI is InChI=1S/C12H18FN3/c1-15-11-6-2-5-10(13)12(11)16-7-3-4-9(14)8-16/h2,5-6,9,15H,3-4,7-8,14H2,1H3/t9-/m1/s1. The number of piperidine rings is 1. The number of rotatable bonds is 2. The average molecular weight is 223 g/mol. The van der Waals surface area contributed by atoms with Crippen molar-refractivity contribution < 1.29 is 4.39 Å². The molecular formula is C12H18FN3. The molecule has 1 aromatic carbocycles. The van der Waals surface area contributed by atoms with E-state index in [4.69, 9.17) is 5.73 Å². The summed E-state index contributed by atoms with van der Waals surface area (Å²) in [5.74, 6) is -0.180.